The molecule has 2 rings (SSSR count). The topological polar surface area (TPSA) is 24.1 Å². The van der Waals surface area contributed by atoms with Gasteiger partial charge in [-0.05, 0) is 31.7 Å². The number of nitrogens with one attached hydrogen (secondary N) is 2. The predicted octanol–water partition coefficient (Wildman–Crippen LogP) is 1.87. The molecule has 1 aromatic rings. The van der Waals surface area contributed by atoms with Crippen molar-refractivity contribution in [2.45, 2.75) is 38.3 Å². The molecule has 1 fully saturated rings. The van der Waals surface area contributed by atoms with E-state index < -0.39 is 0 Å². The first-order chi connectivity index (χ1) is 6.84. The number of hydrogen-bond donors (Lipinski definition) is 2. The van der Waals surface area contributed by atoms with Gasteiger partial charge >= 0.3 is 0 Å². The summed E-state index contributed by atoms with van der Waals surface area (Å²) in [6.45, 7) is 2.22. The highest BCUT2D eigenvalue weighted by molar-refractivity contribution is 5.14. The summed E-state index contributed by atoms with van der Waals surface area (Å²) in [6.07, 6.45) is 3.64. The minimum absolute atomic E-state index is 0.621. The summed E-state index contributed by atoms with van der Waals surface area (Å²) in [6, 6.07) is 12.0. The zero-order chi connectivity index (χ0) is 9.80. The van der Waals surface area contributed by atoms with E-state index in [4.69, 9.17) is 0 Å². The molecule has 76 valence electrons. The fourth-order valence-corrected chi connectivity index (χ4v) is 1.98. The lowest BCUT2D eigenvalue weighted by Crippen LogP contribution is -2.32. The van der Waals surface area contributed by atoms with Gasteiger partial charge in [0.25, 0.3) is 0 Å². The Morgan fingerprint density at radius 2 is 2.00 bits per heavy atom. The highest BCUT2D eigenvalue weighted by atomic mass is 15.4. The fraction of sp³-hybridized carbons (Fsp3) is 0.500. The third kappa shape index (κ3) is 2.56. The summed E-state index contributed by atoms with van der Waals surface area (Å²) in [4.78, 5) is 0. The SMILES string of the molecule is CC1CC(CCc2ccccc2)NN1. The van der Waals surface area contributed by atoms with Crippen molar-refractivity contribution in [3.8, 4) is 0 Å². The van der Waals surface area contributed by atoms with Gasteiger partial charge < -0.3 is 0 Å². The van der Waals surface area contributed by atoms with E-state index in [0.29, 0.717) is 12.1 Å². The van der Waals surface area contributed by atoms with Gasteiger partial charge in [-0.2, -0.15) is 0 Å². The van der Waals surface area contributed by atoms with Gasteiger partial charge in [0.1, 0.15) is 0 Å². The molecule has 1 saturated heterocycles. The van der Waals surface area contributed by atoms with Crippen LogP contribution in [0.1, 0.15) is 25.3 Å². The maximum atomic E-state index is 3.33. The van der Waals surface area contributed by atoms with E-state index in [9.17, 15) is 0 Å². The second-order valence-electron chi connectivity index (χ2n) is 4.15. The van der Waals surface area contributed by atoms with Gasteiger partial charge in [0, 0.05) is 12.1 Å². The van der Waals surface area contributed by atoms with Crippen LogP contribution in [0.4, 0.5) is 0 Å². The number of aryl methyl sites for hydroxylation is 1. The Morgan fingerprint density at radius 1 is 1.21 bits per heavy atom. The molecule has 1 aliphatic heterocycles. The van der Waals surface area contributed by atoms with Crippen LogP contribution >= 0.6 is 0 Å². The molecule has 0 saturated carbocycles. The van der Waals surface area contributed by atoms with Crippen molar-refractivity contribution in [2.24, 2.45) is 0 Å². The van der Waals surface area contributed by atoms with Crippen molar-refractivity contribution in [1.82, 2.24) is 10.9 Å². The first-order valence-corrected chi connectivity index (χ1v) is 5.39. The molecule has 2 unspecified atom stereocenters. The highest BCUT2D eigenvalue weighted by Crippen LogP contribution is 2.11. The molecule has 2 atom stereocenters. The van der Waals surface area contributed by atoms with Gasteiger partial charge in [0.15, 0.2) is 0 Å². The molecule has 0 aromatic heterocycles. The number of hydrazine groups is 1. The third-order valence-electron chi connectivity index (χ3n) is 2.80. The lowest BCUT2D eigenvalue weighted by Gasteiger charge is -2.08. The molecule has 2 N–H and O–H groups in total. The third-order valence-corrected chi connectivity index (χ3v) is 2.80. The van der Waals surface area contributed by atoms with Crippen molar-refractivity contribution in [3.63, 3.8) is 0 Å². The van der Waals surface area contributed by atoms with E-state index in [2.05, 4.69) is 48.1 Å². The molecule has 0 aliphatic carbocycles. The highest BCUT2D eigenvalue weighted by Gasteiger charge is 2.19. The Kier molecular flexibility index (Phi) is 3.17. The smallest absolute Gasteiger partial charge is 0.0231 e. The summed E-state index contributed by atoms with van der Waals surface area (Å²) in [5.74, 6) is 0. The van der Waals surface area contributed by atoms with Gasteiger partial charge in [-0.25, -0.2) is 0 Å². The van der Waals surface area contributed by atoms with Crippen LogP contribution in [0, 0.1) is 0 Å². The summed E-state index contributed by atoms with van der Waals surface area (Å²) in [5, 5.41) is 0. The van der Waals surface area contributed by atoms with E-state index in [-0.39, 0.29) is 0 Å². The van der Waals surface area contributed by atoms with Crippen LogP contribution < -0.4 is 10.9 Å². The molecular formula is C12H18N2. The van der Waals surface area contributed by atoms with Gasteiger partial charge in [-0.1, -0.05) is 30.3 Å². The minimum Gasteiger partial charge on any atom is -0.255 e. The van der Waals surface area contributed by atoms with Crippen LogP contribution in [0.3, 0.4) is 0 Å². The average Bonchev–Trinajstić information content (AvgIpc) is 2.63. The van der Waals surface area contributed by atoms with E-state index >= 15 is 0 Å². The summed E-state index contributed by atoms with van der Waals surface area (Å²) >= 11 is 0. The number of hydrogen-bond acceptors (Lipinski definition) is 2. The molecule has 0 bridgehead atoms. The Labute approximate surface area is 85.7 Å². The zero-order valence-corrected chi connectivity index (χ0v) is 8.66. The van der Waals surface area contributed by atoms with Crippen molar-refractivity contribution in [1.29, 1.82) is 0 Å². The van der Waals surface area contributed by atoms with Crippen molar-refractivity contribution < 1.29 is 0 Å². The van der Waals surface area contributed by atoms with E-state index in [1.165, 1.54) is 24.8 Å². The zero-order valence-electron chi connectivity index (χ0n) is 8.66. The number of rotatable bonds is 3. The second-order valence-corrected chi connectivity index (χ2v) is 4.15. The quantitative estimate of drug-likeness (QED) is 0.760. The molecule has 1 aromatic carbocycles. The van der Waals surface area contributed by atoms with Crippen LogP contribution in [0.5, 0.6) is 0 Å². The molecule has 0 amide bonds. The van der Waals surface area contributed by atoms with Crippen molar-refractivity contribution in [3.05, 3.63) is 35.9 Å². The normalized spacial score (nSPS) is 26.6. The molecule has 0 spiro atoms. The van der Waals surface area contributed by atoms with Crippen LogP contribution in [0.15, 0.2) is 30.3 Å². The fourth-order valence-electron chi connectivity index (χ4n) is 1.98. The standard InChI is InChI=1S/C12H18N2/c1-10-9-12(14-13-10)8-7-11-5-3-2-4-6-11/h2-6,10,12-14H,7-9H2,1H3. The van der Waals surface area contributed by atoms with Gasteiger partial charge in [0.2, 0.25) is 0 Å². The lowest BCUT2D eigenvalue weighted by atomic mass is 10.0. The maximum absolute atomic E-state index is 3.33. The minimum atomic E-state index is 0.621. The Balaban J connectivity index is 1.78. The lowest BCUT2D eigenvalue weighted by molar-refractivity contribution is 0.518. The molecular weight excluding hydrogens is 172 g/mol. The second kappa shape index (κ2) is 4.58. The molecule has 1 heterocycles. The van der Waals surface area contributed by atoms with Crippen molar-refractivity contribution >= 4 is 0 Å². The van der Waals surface area contributed by atoms with Gasteiger partial charge in [-0.15, -0.1) is 0 Å². The molecule has 1 aliphatic rings. The first-order valence-electron chi connectivity index (χ1n) is 5.39. The average molecular weight is 190 g/mol. The largest absolute Gasteiger partial charge is 0.255 e. The molecule has 2 heteroatoms. The van der Waals surface area contributed by atoms with E-state index in [0.717, 1.165) is 0 Å². The van der Waals surface area contributed by atoms with E-state index in [1.54, 1.807) is 0 Å². The summed E-state index contributed by atoms with van der Waals surface area (Å²) < 4.78 is 0. The molecule has 0 radical (unpaired) electrons. The van der Waals surface area contributed by atoms with Gasteiger partial charge in [-0.3, -0.25) is 10.9 Å². The Morgan fingerprint density at radius 3 is 2.64 bits per heavy atom. The monoisotopic (exact) mass is 190 g/mol. The van der Waals surface area contributed by atoms with E-state index in [1.807, 2.05) is 0 Å². The maximum Gasteiger partial charge on any atom is 0.0231 e. The van der Waals surface area contributed by atoms with Crippen LogP contribution in [0.2, 0.25) is 0 Å². The van der Waals surface area contributed by atoms with Gasteiger partial charge in [0.05, 0.1) is 0 Å². The summed E-state index contributed by atoms with van der Waals surface area (Å²) in [5.41, 5.74) is 8.02. The Hall–Kier alpha value is -0.860. The van der Waals surface area contributed by atoms with Crippen LogP contribution in [-0.4, -0.2) is 12.1 Å². The molecule has 2 nitrogen and oxygen atoms in total. The first kappa shape index (κ1) is 9.69. The predicted molar refractivity (Wildman–Crippen MR) is 58.9 cm³/mol. The van der Waals surface area contributed by atoms with Crippen LogP contribution in [-0.2, 0) is 6.42 Å². The van der Waals surface area contributed by atoms with Crippen LogP contribution in [0.25, 0.3) is 0 Å². The Bertz CT molecular complexity index is 271. The summed E-state index contributed by atoms with van der Waals surface area (Å²) in [7, 11) is 0. The number of benzene rings is 1. The molecule has 14 heavy (non-hydrogen) atoms. The van der Waals surface area contributed by atoms with Crippen molar-refractivity contribution in [2.75, 3.05) is 0 Å².